The Bertz CT molecular complexity index is 1230. The summed E-state index contributed by atoms with van der Waals surface area (Å²) in [6.07, 6.45) is 0. The third-order valence-corrected chi connectivity index (χ3v) is 5.32. The lowest BCUT2D eigenvalue weighted by molar-refractivity contribution is -0.113. The summed E-state index contributed by atoms with van der Waals surface area (Å²) in [6.45, 7) is 0. The van der Waals surface area contributed by atoms with Gasteiger partial charge in [-0.15, -0.1) is 10.2 Å². The van der Waals surface area contributed by atoms with E-state index in [-0.39, 0.29) is 16.9 Å². The number of carbonyl (C=O) groups is 1. The third-order valence-electron chi connectivity index (χ3n) is 4.50. The Kier molecular flexibility index (Phi) is 7.11. The first-order chi connectivity index (χ1) is 16.2. The lowest BCUT2D eigenvalue weighted by Crippen LogP contribution is -2.14. The largest absolute Gasteiger partial charge is 0.497 e. The van der Waals surface area contributed by atoms with Crippen LogP contribution in [0.4, 0.5) is 5.69 Å². The van der Waals surface area contributed by atoms with Gasteiger partial charge < -0.3 is 23.9 Å². The number of methoxy groups -OCH3 is 2. The number of carbonyl (C=O) groups excluding carboxylic acids is 1. The van der Waals surface area contributed by atoms with E-state index in [1.807, 2.05) is 42.5 Å². The Balaban J connectivity index is 1.39. The van der Waals surface area contributed by atoms with Crippen molar-refractivity contribution in [3.63, 3.8) is 0 Å². The molecule has 0 saturated carbocycles. The zero-order valence-electron chi connectivity index (χ0n) is 18.0. The molecule has 3 aromatic carbocycles. The molecule has 0 saturated heterocycles. The molecule has 0 radical (unpaired) electrons. The smallest absolute Gasteiger partial charge is 0.277 e. The SMILES string of the molecule is COc1ccc(-c2nnc(SCC(=O)Nc3ccccc3Oc3ccccc3)o2)c(OC)c1. The lowest BCUT2D eigenvalue weighted by Gasteiger charge is -2.11. The van der Waals surface area contributed by atoms with Crippen molar-refractivity contribution in [2.75, 3.05) is 25.3 Å². The molecular weight excluding hydrogens is 442 g/mol. The summed E-state index contributed by atoms with van der Waals surface area (Å²) in [4.78, 5) is 12.5. The van der Waals surface area contributed by atoms with Crippen LogP contribution in [0.25, 0.3) is 11.5 Å². The van der Waals surface area contributed by atoms with Gasteiger partial charge in [0, 0.05) is 6.07 Å². The van der Waals surface area contributed by atoms with Crippen molar-refractivity contribution in [2.45, 2.75) is 5.22 Å². The van der Waals surface area contributed by atoms with Gasteiger partial charge >= 0.3 is 0 Å². The first-order valence-electron chi connectivity index (χ1n) is 9.96. The first kappa shape index (κ1) is 22.2. The van der Waals surface area contributed by atoms with Crippen LogP contribution in [0.5, 0.6) is 23.0 Å². The quantitative estimate of drug-likeness (QED) is 0.335. The number of nitrogens with zero attached hydrogens (tertiary/aromatic N) is 2. The van der Waals surface area contributed by atoms with E-state index in [1.54, 1.807) is 44.6 Å². The van der Waals surface area contributed by atoms with Crippen LogP contribution < -0.4 is 19.5 Å². The summed E-state index contributed by atoms with van der Waals surface area (Å²) >= 11 is 1.14. The highest BCUT2D eigenvalue weighted by molar-refractivity contribution is 7.99. The second-order valence-electron chi connectivity index (χ2n) is 6.69. The number of nitrogens with one attached hydrogen (secondary N) is 1. The van der Waals surface area contributed by atoms with E-state index in [2.05, 4.69) is 15.5 Å². The predicted octanol–water partition coefficient (Wildman–Crippen LogP) is 5.28. The Morgan fingerprint density at radius 2 is 1.70 bits per heavy atom. The zero-order chi connectivity index (χ0) is 23.0. The summed E-state index contributed by atoms with van der Waals surface area (Å²) in [6, 6.07) is 21.9. The number of benzene rings is 3. The molecule has 1 amide bonds. The number of thioether (sulfide) groups is 1. The summed E-state index contributed by atoms with van der Waals surface area (Å²) in [5.74, 6) is 2.57. The summed E-state index contributed by atoms with van der Waals surface area (Å²) in [5, 5.41) is 11.2. The van der Waals surface area contributed by atoms with E-state index in [0.717, 1.165) is 11.8 Å². The molecule has 0 atom stereocenters. The van der Waals surface area contributed by atoms with Gasteiger partial charge in [-0.05, 0) is 36.4 Å². The fourth-order valence-corrected chi connectivity index (χ4v) is 3.50. The highest BCUT2D eigenvalue weighted by Crippen LogP contribution is 2.34. The number of para-hydroxylation sites is 3. The monoisotopic (exact) mass is 463 g/mol. The molecule has 168 valence electrons. The minimum absolute atomic E-state index is 0.0844. The van der Waals surface area contributed by atoms with Crippen molar-refractivity contribution >= 4 is 23.4 Å². The maximum Gasteiger partial charge on any atom is 0.277 e. The molecule has 0 bridgehead atoms. The minimum Gasteiger partial charge on any atom is -0.497 e. The number of hydrogen-bond donors (Lipinski definition) is 1. The van der Waals surface area contributed by atoms with Crippen LogP contribution in [0.1, 0.15) is 0 Å². The number of ether oxygens (including phenoxy) is 3. The highest BCUT2D eigenvalue weighted by Gasteiger charge is 2.16. The second kappa shape index (κ2) is 10.6. The van der Waals surface area contributed by atoms with Crippen molar-refractivity contribution in [1.29, 1.82) is 0 Å². The molecule has 0 aliphatic carbocycles. The normalized spacial score (nSPS) is 10.5. The van der Waals surface area contributed by atoms with Crippen LogP contribution in [0, 0.1) is 0 Å². The molecule has 0 fully saturated rings. The van der Waals surface area contributed by atoms with Crippen molar-refractivity contribution < 1.29 is 23.4 Å². The lowest BCUT2D eigenvalue weighted by atomic mass is 10.2. The molecule has 33 heavy (non-hydrogen) atoms. The highest BCUT2D eigenvalue weighted by atomic mass is 32.2. The van der Waals surface area contributed by atoms with Crippen molar-refractivity contribution in [2.24, 2.45) is 0 Å². The van der Waals surface area contributed by atoms with Crippen LogP contribution in [-0.2, 0) is 4.79 Å². The van der Waals surface area contributed by atoms with Crippen LogP contribution in [0.3, 0.4) is 0 Å². The fraction of sp³-hybridized carbons (Fsp3) is 0.125. The van der Waals surface area contributed by atoms with Gasteiger partial charge in [0.2, 0.25) is 5.91 Å². The van der Waals surface area contributed by atoms with E-state index in [0.29, 0.717) is 40.1 Å². The molecule has 0 aliphatic rings. The standard InChI is InChI=1S/C24H21N3O5S/c1-29-17-12-13-18(21(14-17)30-2)23-26-27-24(32-23)33-15-22(28)25-19-10-6-7-11-20(19)31-16-8-4-3-5-9-16/h3-14H,15H2,1-2H3,(H,25,28). The molecule has 0 aliphatic heterocycles. The summed E-state index contributed by atoms with van der Waals surface area (Å²) < 4.78 is 22.2. The van der Waals surface area contributed by atoms with E-state index in [9.17, 15) is 4.79 Å². The Morgan fingerprint density at radius 1 is 0.909 bits per heavy atom. The van der Waals surface area contributed by atoms with E-state index < -0.39 is 0 Å². The van der Waals surface area contributed by atoms with Gasteiger partial charge in [0.25, 0.3) is 11.1 Å². The van der Waals surface area contributed by atoms with Crippen LogP contribution >= 0.6 is 11.8 Å². The van der Waals surface area contributed by atoms with Gasteiger partial charge in [-0.25, -0.2) is 0 Å². The van der Waals surface area contributed by atoms with E-state index in [1.165, 1.54) is 0 Å². The van der Waals surface area contributed by atoms with Crippen LogP contribution in [0.15, 0.2) is 82.4 Å². The summed E-state index contributed by atoms with van der Waals surface area (Å²) in [7, 11) is 3.13. The van der Waals surface area contributed by atoms with Crippen LogP contribution in [-0.4, -0.2) is 36.1 Å². The Morgan fingerprint density at radius 3 is 2.48 bits per heavy atom. The van der Waals surface area contributed by atoms with Crippen LogP contribution in [0.2, 0.25) is 0 Å². The number of aromatic nitrogens is 2. The minimum atomic E-state index is -0.231. The topological polar surface area (TPSA) is 95.7 Å². The number of amides is 1. The van der Waals surface area contributed by atoms with Gasteiger partial charge in [0.1, 0.15) is 17.2 Å². The van der Waals surface area contributed by atoms with Crippen molar-refractivity contribution in [1.82, 2.24) is 10.2 Å². The molecule has 8 nitrogen and oxygen atoms in total. The fourth-order valence-electron chi connectivity index (χ4n) is 2.94. The molecule has 1 N–H and O–H groups in total. The van der Waals surface area contributed by atoms with Gasteiger partial charge in [0.15, 0.2) is 5.75 Å². The van der Waals surface area contributed by atoms with Gasteiger partial charge in [-0.3, -0.25) is 4.79 Å². The number of hydrogen-bond acceptors (Lipinski definition) is 8. The Hall–Kier alpha value is -3.98. The molecule has 0 unspecified atom stereocenters. The van der Waals surface area contributed by atoms with Gasteiger partial charge in [-0.2, -0.15) is 0 Å². The maximum absolute atomic E-state index is 12.5. The zero-order valence-corrected chi connectivity index (χ0v) is 18.8. The molecule has 1 aromatic heterocycles. The molecule has 4 rings (SSSR count). The molecule has 4 aromatic rings. The predicted molar refractivity (Wildman–Crippen MR) is 125 cm³/mol. The van der Waals surface area contributed by atoms with E-state index in [4.69, 9.17) is 18.6 Å². The molecular formula is C24H21N3O5S. The molecule has 9 heteroatoms. The average Bonchev–Trinajstić information content (AvgIpc) is 3.33. The van der Waals surface area contributed by atoms with Crippen molar-refractivity contribution in [3.8, 4) is 34.5 Å². The average molecular weight is 464 g/mol. The van der Waals surface area contributed by atoms with E-state index >= 15 is 0 Å². The number of rotatable bonds is 9. The second-order valence-corrected chi connectivity index (χ2v) is 7.61. The first-order valence-corrected chi connectivity index (χ1v) is 11.0. The van der Waals surface area contributed by atoms with Crippen molar-refractivity contribution in [3.05, 3.63) is 72.8 Å². The molecule has 0 spiro atoms. The van der Waals surface area contributed by atoms with Gasteiger partial charge in [-0.1, -0.05) is 42.1 Å². The number of anilines is 1. The van der Waals surface area contributed by atoms with Gasteiger partial charge in [0.05, 0.1) is 31.2 Å². The third kappa shape index (κ3) is 5.64. The summed E-state index contributed by atoms with van der Waals surface area (Å²) in [5.41, 5.74) is 1.20. The maximum atomic E-state index is 12.5. The Labute approximate surface area is 194 Å². The molecule has 1 heterocycles.